The van der Waals surface area contributed by atoms with E-state index in [1.54, 1.807) is 19.1 Å². The van der Waals surface area contributed by atoms with E-state index in [0.717, 1.165) is 5.56 Å². The van der Waals surface area contributed by atoms with Crippen molar-refractivity contribution in [2.75, 3.05) is 6.61 Å². The molecule has 23 heavy (non-hydrogen) atoms. The van der Waals surface area contributed by atoms with Gasteiger partial charge in [0.05, 0.1) is 6.61 Å². The molecule has 0 bridgehead atoms. The second-order valence-electron chi connectivity index (χ2n) is 5.49. The molecule has 0 radical (unpaired) electrons. The minimum Gasteiger partial charge on any atom is -0.490 e. The zero-order valence-electron chi connectivity index (χ0n) is 13.5. The van der Waals surface area contributed by atoms with Crippen LogP contribution in [0.25, 0.3) is 0 Å². The first-order chi connectivity index (χ1) is 10.8. The summed E-state index contributed by atoms with van der Waals surface area (Å²) < 4.78 is 34.4. The molecule has 0 heterocycles. The second kappa shape index (κ2) is 9.29. The number of aliphatic carboxylic acids is 1. The summed E-state index contributed by atoms with van der Waals surface area (Å²) in [6.07, 6.45) is 0.500. The fourth-order valence-corrected chi connectivity index (χ4v) is 2.11. The fourth-order valence-electron chi connectivity index (χ4n) is 2.11. The lowest BCUT2D eigenvalue weighted by Crippen LogP contribution is -2.37. The molecule has 0 saturated carbocycles. The third kappa shape index (κ3) is 6.81. The van der Waals surface area contributed by atoms with E-state index < -0.39 is 18.6 Å². The van der Waals surface area contributed by atoms with Crippen LogP contribution in [0.15, 0.2) is 18.2 Å². The highest BCUT2D eigenvalue weighted by Crippen LogP contribution is 2.30. The normalized spacial score (nSPS) is 12.5. The van der Waals surface area contributed by atoms with Crippen LogP contribution >= 0.6 is 0 Å². The van der Waals surface area contributed by atoms with Crippen LogP contribution in [-0.4, -0.2) is 30.3 Å². The van der Waals surface area contributed by atoms with Crippen molar-refractivity contribution in [2.45, 2.75) is 46.4 Å². The van der Waals surface area contributed by atoms with E-state index in [2.05, 4.69) is 10.1 Å². The van der Waals surface area contributed by atoms with E-state index in [1.807, 2.05) is 13.8 Å². The van der Waals surface area contributed by atoms with Crippen molar-refractivity contribution >= 4 is 5.97 Å². The molecule has 0 aliphatic heterocycles. The van der Waals surface area contributed by atoms with Gasteiger partial charge in [-0.1, -0.05) is 19.9 Å². The van der Waals surface area contributed by atoms with Crippen molar-refractivity contribution in [2.24, 2.45) is 5.92 Å². The number of hydrogen-bond donors (Lipinski definition) is 2. The van der Waals surface area contributed by atoms with Gasteiger partial charge in [0.2, 0.25) is 0 Å². The third-order valence-corrected chi connectivity index (χ3v) is 3.08. The first-order valence-corrected chi connectivity index (χ1v) is 7.50. The van der Waals surface area contributed by atoms with Crippen LogP contribution in [0.4, 0.5) is 8.78 Å². The molecule has 0 amide bonds. The van der Waals surface area contributed by atoms with Crippen LogP contribution in [0.5, 0.6) is 11.5 Å². The molecule has 130 valence electrons. The lowest BCUT2D eigenvalue weighted by Gasteiger charge is -2.17. The summed E-state index contributed by atoms with van der Waals surface area (Å²) >= 11 is 0. The van der Waals surface area contributed by atoms with Crippen molar-refractivity contribution in [3.8, 4) is 11.5 Å². The molecule has 1 rings (SSSR count). The molecule has 0 aromatic heterocycles. The summed E-state index contributed by atoms with van der Waals surface area (Å²) in [5.41, 5.74) is 0.727. The number of hydrogen-bond acceptors (Lipinski definition) is 4. The van der Waals surface area contributed by atoms with E-state index in [4.69, 9.17) is 4.74 Å². The Hall–Kier alpha value is -1.89. The largest absolute Gasteiger partial charge is 0.490 e. The maximum Gasteiger partial charge on any atom is 0.387 e. The van der Waals surface area contributed by atoms with Gasteiger partial charge in [-0.05, 0) is 37.0 Å². The number of halogens is 2. The fraction of sp³-hybridized carbons (Fsp3) is 0.562. The average Bonchev–Trinajstić information content (AvgIpc) is 2.45. The number of nitrogens with one attached hydrogen (secondary N) is 1. The van der Waals surface area contributed by atoms with Gasteiger partial charge in [-0.15, -0.1) is 0 Å². The number of carbonyl (C=O) groups is 1. The molecule has 0 aliphatic carbocycles. The van der Waals surface area contributed by atoms with Gasteiger partial charge in [0.15, 0.2) is 11.5 Å². The Labute approximate surface area is 134 Å². The van der Waals surface area contributed by atoms with Crippen molar-refractivity contribution < 1.29 is 28.2 Å². The Kier molecular flexibility index (Phi) is 7.74. The predicted molar refractivity (Wildman–Crippen MR) is 82.0 cm³/mol. The molecule has 0 saturated heterocycles. The van der Waals surface area contributed by atoms with Gasteiger partial charge in [-0.25, -0.2) is 0 Å². The molecule has 5 nitrogen and oxygen atoms in total. The summed E-state index contributed by atoms with van der Waals surface area (Å²) in [7, 11) is 0. The van der Waals surface area contributed by atoms with E-state index >= 15 is 0 Å². The van der Waals surface area contributed by atoms with Crippen LogP contribution in [0.3, 0.4) is 0 Å². The molecule has 0 unspecified atom stereocenters. The second-order valence-corrected chi connectivity index (χ2v) is 5.49. The van der Waals surface area contributed by atoms with Crippen LogP contribution in [0, 0.1) is 5.92 Å². The summed E-state index contributed by atoms with van der Waals surface area (Å²) in [6.45, 7) is 3.30. The zero-order valence-corrected chi connectivity index (χ0v) is 13.5. The van der Waals surface area contributed by atoms with Gasteiger partial charge in [0.25, 0.3) is 0 Å². The first kappa shape index (κ1) is 19.2. The highest BCUT2D eigenvalue weighted by molar-refractivity contribution is 5.73. The van der Waals surface area contributed by atoms with Crippen LogP contribution in [0.1, 0.15) is 32.8 Å². The van der Waals surface area contributed by atoms with Crippen LogP contribution < -0.4 is 14.8 Å². The molecular weight excluding hydrogens is 308 g/mol. The molecule has 7 heteroatoms. The van der Waals surface area contributed by atoms with Crippen molar-refractivity contribution in [1.29, 1.82) is 0 Å². The molecule has 1 aromatic carbocycles. The van der Waals surface area contributed by atoms with Gasteiger partial charge in [0, 0.05) is 6.54 Å². The van der Waals surface area contributed by atoms with E-state index in [1.165, 1.54) is 6.07 Å². The van der Waals surface area contributed by atoms with Crippen LogP contribution in [0.2, 0.25) is 0 Å². The molecule has 0 aliphatic rings. The van der Waals surface area contributed by atoms with Crippen molar-refractivity contribution in [3.05, 3.63) is 23.8 Å². The lowest BCUT2D eigenvalue weighted by molar-refractivity contribution is -0.140. The van der Waals surface area contributed by atoms with E-state index in [-0.39, 0.29) is 17.4 Å². The summed E-state index contributed by atoms with van der Waals surface area (Å²) in [4.78, 5) is 11.2. The maximum atomic E-state index is 12.4. The Morgan fingerprint density at radius 2 is 2.00 bits per heavy atom. The van der Waals surface area contributed by atoms with Crippen LogP contribution in [-0.2, 0) is 11.3 Å². The van der Waals surface area contributed by atoms with E-state index in [0.29, 0.717) is 19.6 Å². The topological polar surface area (TPSA) is 67.8 Å². The molecule has 0 spiro atoms. The third-order valence-electron chi connectivity index (χ3n) is 3.08. The number of carboxylic acid groups (broad SMARTS) is 1. The average molecular weight is 331 g/mol. The SMILES string of the molecule is CCOc1cc(CN[C@H](CC(C)C)C(=O)O)ccc1OC(F)F. The van der Waals surface area contributed by atoms with Gasteiger partial charge in [-0.2, -0.15) is 8.78 Å². The standard InChI is InChI=1S/C16H23F2NO4/c1-4-22-14-8-11(5-6-13(14)23-16(17)18)9-19-12(15(20)21)7-10(2)3/h5-6,8,10,12,16,19H,4,7,9H2,1-3H3,(H,20,21)/t12-/m1/s1. The number of benzene rings is 1. The number of rotatable bonds is 10. The minimum atomic E-state index is -2.93. The molecular formula is C16H23F2NO4. The Morgan fingerprint density at radius 1 is 1.30 bits per heavy atom. The van der Waals surface area contributed by atoms with E-state index in [9.17, 15) is 18.7 Å². The lowest BCUT2D eigenvalue weighted by atomic mass is 10.0. The summed E-state index contributed by atoms with van der Waals surface area (Å²) in [5, 5.41) is 12.1. The van der Waals surface area contributed by atoms with Crippen molar-refractivity contribution in [3.63, 3.8) is 0 Å². The molecule has 1 aromatic rings. The highest BCUT2D eigenvalue weighted by Gasteiger charge is 2.18. The van der Waals surface area contributed by atoms with Gasteiger partial charge < -0.3 is 19.9 Å². The zero-order chi connectivity index (χ0) is 17.4. The van der Waals surface area contributed by atoms with Crippen molar-refractivity contribution in [1.82, 2.24) is 5.32 Å². The molecule has 1 atom stereocenters. The summed E-state index contributed by atoms with van der Waals surface area (Å²) in [5.74, 6) is -0.504. The van der Waals surface area contributed by atoms with Gasteiger partial charge >= 0.3 is 12.6 Å². The predicted octanol–water partition coefficient (Wildman–Crippen LogP) is 3.28. The van der Waals surface area contributed by atoms with Gasteiger partial charge in [0.1, 0.15) is 6.04 Å². The number of carboxylic acids is 1. The smallest absolute Gasteiger partial charge is 0.387 e. The maximum absolute atomic E-state index is 12.4. The number of ether oxygens (including phenoxy) is 2. The minimum absolute atomic E-state index is 0.0393. The Morgan fingerprint density at radius 3 is 2.52 bits per heavy atom. The molecule has 2 N–H and O–H groups in total. The number of alkyl halides is 2. The Balaban J connectivity index is 2.79. The molecule has 0 fully saturated rings. The van der Waals surface area contributed by atoms with Gasteiger partial charge in [-0.3, -0.25) is 4.79 Å². The summed E-state index contributed by atoms with van der Waals surface area (Å²) in [6, 6.07) is 3.90. The first-order valence-electron chi connectivity index (χ1n) is 7.50. The quantitative estimate of drug-likeness (QED) is 0.689. The monoisotopic (exact) mass is 331 g/mol. The highest BCUT2D eigenvalue weighted by atomic mass is 19.3. The Bertz CT molecular complexity index is 509.